The second-order valence-corrected chi connectivity index (χ2v) is 14.0. The monoisotopic (exact) mass is 500 g/mol. The van der Waals surface area contributed by atoms with Crippen molar-refractivity contribution in [2.24, 2.45) is 22.2 Å². The summed E-state index contributed by atoms with van der Waals surface area (Å²) in [7, 11) is -1.86. The molecule has 0 saturated carbocycles. The molecule has 0 heterocycles. The van der Waals surface area contributed by atoms with E-state index in [0.717, 1.165) is 12.8 Å². The standard InChI is InChI=1S/C27H48O6S/c1-13-14-18-21(32-11)22(33-12)20(28)19(23(18)34(29,30)31)24(26(7,8)15-17(2)3)27(9,10)16-25(4,5)6/h17,24,28H,13-16H2,1-12H3,(H,29,30,31). The van der Waals surface area contributed by atoms with Gasteiger partial charge in [0.15, 0.2) is 11.5 Å². The molecule has 0 aliphatic carbocycles. The molecule has 7 heteroatoms. The van der Waals surface area contributed by atoms with Gasteiger partial charge in [-0.25, -0.2) is 0 Å². The minimum absolute atomic E-state index is 0.0493. The predicted molar refractivity (Wildman–Crippen MR) is 139 cm³/mol. The molecule has 0 saturated heterocycles. The third-order valence-corrected chi connectivity index (χ3v) is 7.39. The Kier molecular flexibility index (Phi) is 9.57. The summed E-state index contributed by atoms with van der Waals surface area (Å²) in [6.45, 7) is 21.1. The fourth-order valence-electron chi connectivity index (χ4n) is 6.66. The number of phenols is 1. The average Bonchev–Trinajstić information content (AvgIpc) is 2.59. The number of phenolic OH excluding ortho intramolecular Hbond substituents is 1. The maximum Gasteiger partial charge on any atom is 0.295 e. The Hall–Kier alpha value is -1.47. The van der Waals surface area contributed by atoms with Crippen LogP contribution < -0.4 is 9.47 Å². The van der Waals surface area contributed by atoms with Crippen molar-refractivity contribution >= 4 is 10.1 Å². The third-order valence-electron chi connectivity index (χ3n) is 6.41. The number of aromatic hydroxyl groups is 1. The number of benzene rings is 1. The third kappa shape index (κ3) is 6.81. The first kappa shape index (κ1) is 30.6. The molecule has 1 aromatic rings. The van der Waals surface area contributed by atoms with Crippen LogP contribution in [-0.4, -0.2) is 32.3 Å². The molecule has 6 nitrogen and oxygen atoms in total. The van der Waals surface area contributed by atoms with Gasteiger partial charge in [0.2, 0.25) is 5.75 Å². The van der Waals surface area contributed by atoms with Gasteiger partial charge in [0.25, 0.3) is 10.1 Å². The minimum Gasteiger partial charge on any atom is -0.504 e. The zero-order valence-electron chi connectivity index (χ0n) is 23.4. The molecule has 0 radical (unpaired) electrons. The summed E-state index contributed by atoms with van der Waals surface area (Å²) in [6.07, 6.45) is 2.54. The molecular formula is C27H48O6S. The molecule has 34 heavy (non-hydrogen) atoms. The molecule has 0 bridgehead atoms. The molecule has 0 aromatic heterocycles. The number of ether oxygens (including phenoxy) is 2. The van der Waals surface area contributed by atoms with E-state index in [4.69, 9.17) is 9.47 Å². The zero-order valence-corrected chi connectivity index (χ0v) is 24.2. The van der Waals surface area contributed by atoms with Gasteiger partial charge in [0.1, 0.15) is 4.90 Å². The van der Waals surface area contributed by atoms with E-state index in [1.165, 1.54) is 14.2 Å². The lowest BCUT2D eigenvalue weighted by Gasteiger charge is -2.49. The van der Waals surface area contributed by atoms with Crippen LogP contribution in [0, 0.1) is 22.2 Å². The number of methoxy groups -OCH3 is 2. The summed E-state index contributed by atoms with van der Waals surface area (Å²) in [5.74, 6) is -0.100. The Morgan fingerprint density at radius 3 is 1.76 bits per heavy atom. The highest BCUT2D eigenvalue weighted by Crippen LogP contribution is 2.60. The van der Waals surface area contributed by atoms with E-state index < -0.39 is 26.9 Å². The first-order chi connectivity index (χ1) is 15.2. The molecule has 1 rings (SSSR count). The second-order valence-electron chi connectivity index (χ2n) is 12.6. The molecular weight excluding hydrogens is 452 g/mol. The highest BCUT2D eigenvalue weighted by molar-refractivity contribution is 7.86. The summed E-state index contributed by atoms with van der Waals surface area (Å²) in [6, 6.07) is 0. The SMILES string of the molecule is CCCc1c(OC)c(OC)c(O)c(C(C(C)(C)CC(C)C)C(C)(C)CC(C)(C)C)c1S(=O)(=O)O. The molecule has 1 atom stereocenters. The van der Waals surface area contributed by atoms with Crippen molar-refractivity contribution < 1.29 is 27.6 Å². The fourth-order valence-corrected chi connectivity index (χ4v) is 7.66. The molecule has 1 aromatic carbocycles. The van der Waals surface area contributed by atoms with Crippen molar-refractivity contribution in [3.63, 3.8) is 0 Å². The Bertz CT molecular complexity index is 953. The summed E-state index contributed by atoms with van der Waals surface area (Å²) >= 11 is 0. The lowest BCUT2D eigenvalue weighted by atomic mass is 9.56. The van der Waals surface area contributed by atoms with Crippen molar-refractivity contribution in [1.82, 2.24) is 0 Å². The van der Waals surface area contributed by atoms with Crippen LogP contribution in [0.4, 0.5) is 0 Å². The van der Waals surface area contributed by atoms with Gasteiger partial charge in [-0.1, -0.05) is 75.7 Å². The lowest BCUT2D eigenvalue weighted by molar-refractivity contribution is 0.0750. The maximum atomic E-state index is 13.0. The lowest BCUT2D eigenvalue weighted by Crippen LogP contribution is -2.38. The average molecular weight is 501 g/mol. The number of hydrogen-bond acceptors (Lipinski definition) is 5. The molecule has 0 amide bonds. The number of hydrogen-bond donors (Lipinski definition) is 2. The topological polar surface area (TPSA) is 93.1 Å². The van der Waals surface area contributed by atoms with E-state index in [9.17, 15) is 18.1 Å². The first-order valence-corrected chi connectivity index (χ1v) is 13.7. The van der Waals surface area contributed by atoms with Crippen molar-refractivity contribution in [2.75, 3.05) is 14.2 Å². The van der Waals surface area contributed by atoms with Crippen LogP contribution in [0.15, 0.2) is 4.90 Å². The van der Waals surface area contributed by atoms with Crippen LogP contribution in [0.5, 0.6) is 17.2 Å². The highest BCUT2D eigenvalue weighted by atomic mass is 32.2. The minimum atomic E-state index is -4.70. The quantitative estimate of drug-likeness (QED) is 0.311. The van der Waals surface area contributed by atoms with E-state index in [2.05, 4.69) is 62.3 Å². The highest BCUT2D eigenvalue weighted by Gasteiger charge is 2.48. The Labute approximate surface area is 208 Å². The normalized spacial score (nSPS) is 14.4. The van der Waals surface area contributed by atoms with E-state index in [0.29, 0.717) is 24.3 Å². The van der Waals surface area contributed by atoms with Crippen LogP contribution in [0.25, 0.3) is 0 Å². The van der Waals surface area contributed by atoms with E-state index in [-0.39, 0.29) is 33.1 Å². The Morgan fingerprint density at radius 2 is 1.41 bits per heavy atom. The molecule has 0 aliphatic rings. The maximum absolute atomic E-state index is 13.0. The van der Waals surface area contributed by atoms with Gasteiger partial charge in [-0.15, -0.1) is 0 Å². The van der Waals surface area contributed by atoms with Crippen molar-refractivity contribution in [3.8, 4) is 17.2 Å². The van der Waals surface area contributed by atoms with Gasteiger partial charge < -0.3 is 14.6 Å². The van der Waals surface area contributed by atoms with E-state index in [1.807, 2.05) is 6.92 Å². The van der Waals surface area contributed by atoms with Gasteiger partial charge >= 0.3 is 0 Å². The zero-order chi connectivity index (χ0) is 26.9. The van der Waals surface area contributed by atoms with Gasteiger partial charge in [-0.3, -0.25) is 4.55 Å². The summed E-state index contributed by atoms with van der Waals surface area (Å²) in [5.41, 5.74) is -0.330. The first-order valence-electron chi connectivity index (χ1n) is 12.2. The summed E-state index contributed by atoms with van der Waals surface area (Å²) < 4.78 is 47.6. The van der Waals surface area contributed by atoms with Crippen LogP contribution >= 0.6 is 0 Å². The van der Waals surface area contributed by atoms with Crippen LogP contribution in [0.1, 0.15) is 106 Å². The van der Waals surface area contributed by atoms with Crippen molar-refractivity contribution in [3.05, 3.63) is 11.1 Å². The molecule has 0 aliphatic heterocycles. The van der Waals surface area contributed by atoms with Gasteiger partial charge in [0, 0.05) is 11.1 Å². The molecule has 2 N–H and O–H groups in total. The Balaban J connectivity index is 4.37. The molecule has 1 unspecified atom stereocenters. The number of rotatable bonds is 11. The predicted octanol–water partition coefficient (Wildman–Crippen LogP) is 7.23. The van der Waals surface area contributed by atoms with Gasteiger partial charge in [0.05, 0.1) is 14.2 Å². The van der Waals surface area contributed by atoms with Crippen LogP contribution in [0.2, 0.25) is 0 Å². The Morgan fingerprint density at radius 1 is 0.912 bits per heavy atom. The summed E-state index contributed by atoms with van der Waals surface area (Å²) in [4.78, 5) is -0.242. The van der Waals surface area contributed by atoms with Crippen molar-refractivity contribution in [1.29, 1.82) is 0 Å². The molecule has 0 fully saturated rings. The van der Waals surface area contributed by atoms with Gasteiger partial charge in [-0.05, 0) is 47.3 Å². The molecule has 198 valence electrons. The van der Waals surface area contributed by atoms with E-state index in [1.54, 1.807) is 0 Å². The smallest absolute Gasteiger partial charge is 0.295 e. The van der Waals surface area contributed by atoms with Crippen LogP contribution in [-0.2, 0) is 16.5 Å². The summed E-state index contributed by atoms with van der Waals surface area (Å²) in [5, 5.41) is 11.6. The van der Waals surface area contributed by atoms with Crippen LogP contribution in [0.3, 0.4) is 0 Å². The van der Waals surface area contributed by atoms with E-state index >= 15 is 0 Å². The largest absolute Gasteiger partial charge is 0.504 e. The van der Waals surface area contributed by atoms with Crippen molar-refractivity contribution in [2.45, 2.75) is 106 Å². The van der Waals surface area contributed by atoms with Gasteiger partial charge in [-0.2, -0.15) is 8.42 Å². The molecule has 0 spiro atoms. The fraction of sp³-hybridized carbons (Fsp3) is 0.778. The second kappa shape index (κ2) is 10.7.